The fourth-order valence-electron chi connectivity index (χ4n) is 2.74. The molecule has 0 radical (unpaired) electrons. The van der Waals surface area contributed by atoms with Crippen molar-refractivity contribution in [2.24, 2.45) is 11.1 Å². The lowest BCUT2D eigenvalue weighted by Crippen LogP contribution is -2.27. The third kappa shape index (κ3) is 2.60. The van der Waals surface area contributed by atoms with Gasteiger partial charge < -0.3 is 5.73 Å². The highest BCUT2D eigenvalue weighted by Gasteiger charge is 2.31. The molecular formula is C14H21N. The second kappa shape index (κ2) is 4.80. The first-order chi connectivity index (χ1) is 7.35. The van der Waals surface area contributed by atoms with E-state index < -0.39 is 0 Å². The van der Waals surface area contributed by atoms with Crippen molar-refractivity contribution in [1.82, 2.24) is 0 Å². The second-order valence-corrected chi connectivity index (χ2v) is 4.90. The zero-order chi connectivity index (χ0) is 10.6. The molecule has 1 nitrogen and oxygen atoms in total. The van der Waals surface area contributed by atoms with E-state index in [2.05, 4.69) is 30.3 Å². The third-order valence-corrected chi connectivity index (χ3v) is 3.88. The van der Waals surface area contributed by atoms with Gasteiger partial charge in [0.1, 0.15) is 0 Å². The first-order valence-corrected chi connectivity index (χ1v) is 6.09. The average Bonchev–Trinajstić information content (AvgIpc) is 2.77. The molecule has 0 saturated heterocycles. The van der Waals surface area contributed by atoms with Crippen LogP contribution in [0.5, 0.6) is 0 Å². The molecule has 1 aliphatic rings. The van der Waals surface area contributed by atoms with Gasteiger partial charge >= 0.3 is 0 Å². The standard InChI is InChI=1S/C14H21N/c15-12-14(9-4-5-10-14)11-8-13-6-2-1-3-7-13/h1-3,6-7H,4-5,8-12,15H2. The fourth-order valence-corrected chi connectivity index (χ4v) is 2.74. The highest BCUT2D eigenvalue weighted by molar-refractivity contribution is 5.15. The molecule has 0 unspecified atom stereocenters. The van der Waals surface area contributed by atoms with Crippen LogP contribution < -0.4 is 5.73 Å². The maximum Gasteiger partial charge on any atom is -0.00204 e. The van der Waals surface area contributed by atoms with Crippen molar-refractivity contribution in [3.05, 3.63) is 35.9 Å². The molecule has 1 fully saturated rings. The Bertz CT molecular complexity index is 285. The minimum absolute atomic E-state index is 0.468. The van der Waals surface area contributed by atoms with Crippen LogP contribution in [0.2, 0.25) is 0 Å². The van der Waals surface area contributed by atoms with E-state index in [1.54, 1.807) is 0 Å². The van der Waals surface area contributed by atoms with E-state index in [9.17, 15) is 0 Å². The molecule has 82 valence electrons. The van der Waals surface area contributed by atoms with Gasteiger partial charge in [0.15, 0.2) is 0 Å². The summed E-state index contributed by atoms with van der Waals surface area (Å²) in [6.07, 6.45) is 7.91. The highest BCUT2D eigenvalue weighted by Crippen LogP contribution is 2.40. The lowest BCUT2D eigenvalue weighted by molar-refractivity contribution is 0.283. The number of nitrogens with two attached hydrogens (primary N) is 1. The topological polar surface area (TPSA) is 26.0 Å². The zero-order valence-corrected chi connectivity index (χ0v) is 9.41. The highest BCUT2D eigenvalue weighted by atomic mass is 14.6. The maximum absolute atomic E-state index is 5.93. The summed E-state index contributed by atoms with van der Waals surface area (Å²) in [6.45, 7) is 0.875. The van der Waals surface area contributed by atoms with Crippen LogP contribution in [0.15, 0.2) is 30.3 Å². The molecule has 0 aliphatic heterocycles. The van der Waals surface area contributed by atoms with Gasteiger partial charge in [0.25, 0.3) is 0 Å². The van der Waals surface area contributed by atoms with Crippen LogP contribution in [-0.4, -0.2) is 6.54 Å². The first-order valence-electron chi connectivity index (χ1n) is 6.09. The molecule has 1 aliphatic carbocycles. The number of rotatable bonds is 4. The van der Waals surface area contributed by atoms with Gasteiger partial charge in [-0.3, -0.25) is 0 Å². The summed E-state index contributed by atoms with van der Waals surface area (Å²) < 4.78 is 0. The van der Waals surface area contributed by atoms with E-state index in [1.807, 2.05) is 0 Å². The molecule has 0 aromatic heterocycles. The zero-order valence-electron chi connectivity index (χ0n) is 9.41. The summed E-state index contributed by atoms with van der Waals surface area (Å²) in [5.41, 5.74) is 7.86. The van der Waals surface area contributed by atoms with E-state index >= 15 is 0 Å². The van der Waals surface area contributed by atoms with Crippen LogP contribution in [0.25, 0.3) is 0 Å². The Labute approximate surface area is 92.7 Å². The van der Waals surface area contributed by atoms with E-state index in [0.717, 1.165) is 6.54 Å². The van der Waals surface area contributed by atoms with Gasteiger partial charge in [0.2, 0.25) is 0 Å². The van der Waals surface area contributed by atoms with Crippen molar-refractivity contribution in [3.63, 3.8) is 0 Å². The lowest BCUT2D eigenvalue weighted by atomic mass is 9.80. The quantitative estimate of drug-likeness (QED) is 0.799. The Balaban J connectivity index is 1.92. The maximum atomic E-state index is 5.93. The van der Waals surface area contributed by atoms with Crippen LogP contribution in [0.1, 0.15) is 37.7 Å². The van der Waals surface area contributed by atoms with Crippen molar-refractivity contribution in [2.75, 3.05) is 6.54 Å². The van der Waals surface area contributed by atoms with Gasteiger partial charge in [-0.15, -0.1) is 0 Å². The lowest BCUT2D eigenvalue weighted by Gasteiger charge is -2.27. The first kappa shape index (κ1) is 10.7. The summed E-state index contributed by atoms with van der Waals surface area (Å²) in [6, 6.07) is 10.8. The second-order valence-electron chi connectivity index (χ2n) is 4.90. The summed E-state index contributed by atoms with van der Waals surface area (Å²) in [5.74, 6) is 0. The molecule has 1 heteroatoms. The van der Waals surface area contributed by atoms with Gasteiger partial charge in [-0.25, -0.2) is 0 Å². The van der Waals surface area contributed by atoms with Gasteiger partial charge in [-0.1, -0.05) is 43.2 Å². The van der Waals surface area contributed by atoms with Gasteiger partial charge in [0, 0.05) is 0 Å². The largest absolute Gasteiger partial charge is 0.330 e. The Morgan fingerprint density at radius 2 is 1.73 bits per heavy atom. The minimum Gasteiger partial charge on any atom is -0.330 e. The minimum atomic E-state index is 0.468. The molecule has 0 spiro atoms. The van der Waals surface area contributed by atoms with Crippen molar-refractivity contribution < 1.29 is 0 Å². The van der Waals surface area contributed by atoms with Gasteiger partial charge in [-0.05, 0) is 43.2 Å². The summed E-state index contributed by atoms with van der Waals surface area (Å²) >= 11 is 0. The van der Waals surface area contributed by atoms with Gasteiger partial charge in [0.05, 0.1) is 0 Å². The van der Waals surface area contributed by atoms with Crippen molar-refractivity contribution in [1.29, 1.82) is 0 Å². The number of hydrogen-bond donors (Lipinski definition) is 1. The molecule has 0 bridgehead atoms. The van der Waals surface area contributed by atoms with Crippen molar-refractivity contribution in [3.8, 4) is 0 Å². The Morgan fingerprint density at radius 1 is 1.07 bits per heavy atom. The predicted octanol–water partition coefficient (Wildman–Crippen LogP) is 3.14. The molecular weight excluding hydrogens is 182 g/mol. The SMILES string of the molecule is NCC1(CCc2ccccc2)CCCC1. The molecule has 15 heavy (non-hydrogen) atoms. The number of aryl methyl sites for hydroxylation is 1. The molecule has 0 heterocycles. The van der Waals surface area contributed by atoms with Crippen LogP contribution in [0.4, 0.5) is 0 Å². The Hall–Kier alpha value is -0.820. The smallest absolute Gasteiger partial charge is 0.00204 e. The van der Waals surface area contributed by atoms with Crippen molar-refractivity contribution >= 4 is 0 Å². The molecule has 2 N–H and O–H groups in total. The van der Waals surface area contributed by atoms with Crippen LogP contribution in [-0.2, 0) is 6.42 Å². The molecule has 0 atom stereocenters. The Kier molecular flexibility index (Phi) is 3.42. The normalized spacial score (nSPS) is 19.3. The van der Waals surface area contributed by atoms with Gasteiger partial charge in [-0.2, -0.15) is 0 Å². The van der Waals surface area contributed by atoms with Crippen molar-refractivity contribution in [2.45, 2.75) is 38.5 Å². The third-order valence-electron chi connectivity index (χ3n) is 3.88. The Morgan fingerprint density at radius 3 is 2.33 bits per heavy atom. The number of benzene rings is 1. The van der Waals surface area contributed by atoms with E-state index in [1.165, 1.54) is 44.1 Å². The summed E-state index contributed by atoms with van der Waals surface area (Å²) in [7, 11) is 0. The molecule has 1 aromatic rings. The predicted molar refractivity (Wildman–Crippen MR) is 64.7 cm³/mol. The molecule has 2 rings (SSSR count). The monoisotopic (exact) mass is 203 g/mol. The summed E-state index contributed by atoms with van der Waals surface area (Å²) in [4.78, 5) is 0. The average molecular weight is 203 g/mol. The van der Waals surface area contributed by atoms with Crippen LogP contribution in [0, 0.1) is 5.41 Å². The molecule has 0 amide bonds. The van der Waals surface area contributed by atoms with Crippen LogP contribution >= 0.6 is 0 Å². The number of hydrogen-bond acceptors (Lipinski definition) is 1. The molecule has 1 aromatic carbocycles. The summed E-state index contributed by atoms with van der Waals surface area (Å²) in [5, 5.41) is 0. The van der Waals surface area contributed by atoms with E-state index in [4.69, 9.17) is 5.73 Å². The fraction of sp³-hybridized carbons (Fsp3) is 0.571. The van der Waals surface area contributed by atoms with E-state index in [-0.39, 0.29) is 0 Å². The van der Waals surface area contributed by atoms with Crippen LogP contribution in [0.3, 0.4) is 0 Å². The molecule has 1 saturated carbocycles. The van der Waals surface area contributed by atoms with E-state index in [0.29, 0.717) is 5.41 Å².